The third kappa shape index (κ3) is 2.18. The third-order valence-electron chi connectivity index (χ3n) is 2.00. The highest BCUT2D eigenvalue weighted by molar-refractivity contribution is 9.10. The van der Waals surface area contributed by atoms with Crippen LogP contribution in [0.5, 0.6) is 0 Å². The van der Waals surface area contributed by atoms with Crippen LogP contribution in [-0.2, 0) is 24.7 Å². The van der Waals surface area contributed by atoms with E-state index >= 15 is 0 Å². The molecule has 13 heavy (non-hydrogen) atoms. The summed E-state index contributed by atoms with van der Waals surface area (Å²) in [4.78, 5) is 10.2. The summed E-state index contributed by atoms with van der Waals surface area (Å²) in [6.45, 7) is 2.07. The van der Waals surface area contributed by atoms with E-state index in [0.717, 1.165) is 35.0 Å². The number of carbonyl (C=O) groups excluding carboxylic acids is 1. The van der Waals surface area contributed by atoms with Gasteiger partial charge in [0.2, 0.25) is 0 Å². The van der Waals surface area contributed by atoms with Gasteiger partial charge in [0.25, 0.3) is 0 Å². The first-order chi connectivity index (χ1) is 6.20. The molecule has 0 amide bonds. The molecular formula is C9H13BrN2O. The summed E-state index contributed by atoms with van der Waals surface area (Å²) in [5.74, 6) is 0. The monoisotopic (exact) mass is 244 g/mol. The molecule has 0 N–H and O–H groups in total. The van der Waals surface area contributed by atoms with Crippen molar-refractivity contribution in [3.05, 3.63) is 15.9 Å². The number of carbonyl (C=O) groups is 1. The molecule has 0 aliphatic heterocycles. The summed E-state index contributed by atoms with van der Waals surface area (Å²) in [7, 11) is 1.91. The van der Waals surface area contributed by atoms with E-state index in [4.69, 9.17) is 0 Å². The Morgan fingerprint density at radius 2 is 2.31 bits per heavy atom. The van der Waals surface area contributed by atoms with Gasteiger partial charge < -0.3 is 4.79 Å². The number of halogens is 1. The van der Waals surface area contributed by atoms with Gasteiger partial charge in [-0.25, -0.2) is 0 Å². The fraction of sp³-hybridized carbons (Fsp3) is 0.556. The van der Waals surface area contributed by atoms with Crippen molar-refractivity contribution in [1.82, 2.24) is 9.78 Å². The maximum absolute atomic E-state index is 10.2. The average molecular weight is 245 g/mol. The number of aldehydes is 1. The molecule has 0 aliphatic rings. The van der Waals surface area contributed by atoms with Crippen molar-refractivity contribution in [2.45, 2.75) is 26.2 Å². The quantitative estimate of drug-likeness (QED) is 0.759. The molecular weight excluding hydrogens is 232 g/mol. The molecule has 0 saturated heterocycles. The van der Waals surface area contributed by atoms with Crippen molar-refractivity contribution in [2.24, 2.45) is 7.05 Å². The van der Waals surface area contributed by atoms with Gasteiger partial charge in [0.1, 0.15) is 6.29 Å². The normalized spacial score (nSPS) is 10.4. The molecule has 0 radical (unpaired) electrons. The zero-order valence-corrected chi connectivity index (χ0v) is 9.47. The molecule has 0 aromatic carbocycles. The minimum atomic E-state index is 0.557. The standard InChI is InChI=1S/C9H13BrN2O/c1-3-7-9(10)8(5-4-6-13)12(2)11-7/h6H,3-5H2,1-2H3. The van der Waals surface area contributed by atoms with Crippen molar-refractivity contribution in [3.8, 4) is 0 Å². The van der Waals surface area contributed by atoms with E-state index in [1.165, 1.54) is 0 Å². The number of nitrogens with zero attached hydrogens (tertiary/aromatic N) is 2. The molecule has 0 unspecified atom stereocenters. The Labute approximate surface area is 86.3 Å². The fourth-order valence-corrected chi connectivity index (χ4v) is 2.10. The van der Waals surface area contributed by atoms with Gasteiger partial charge in [0.15, 0.2) is 0 Å². The Hall–Kier alpha value is -0.640. The largest absolute Gasteiger partial charge is 0.303 e. The summed E-state index contributed by atoms with van der Waals surface area (Å²) >= 11 is 3.49. The molecule has 1 aromatic rings. The van der Waals surface area contributed by atoms with Crippen molar-refractivity contribution >= 4 is 22.2 Å². The molecule has 72 valence electrons. The van der Waals surface area contributed by atoms with Crippen LogP contribution in [0.3, 0.4) is 0 Å². The highest BCUT2D eigenvalue weighted by Gasteiger charge is 2.11. The van der Waals surface area contributed by atoms with Crippen molar-refractivity contribution < 1.29 is 4.79 Å². The maximum atomic E-state index is 10.2. The second-order valence-electron chi connectivity index (χ2n) is 2.89. The molecule has 1 heterocycles. The third-order valence-corrected chi connectivity index (χ3v) is 2.92. The lowest BCUT2D eigenvalue weighted by molar-refractivity contribution is -0.107. The first kappa shape index (κ1) is 10.4. The van der Waals surface area contributed by atoms with Gasteiger partial charge in [-0.3, -0.25) is 4.68 Å². The molecule has 4 heteroatoms. The van der Waals surface area contributed by atoms with Crippen LogP contribution in [0.2, 0.25) is 0 Å². The van der Waals surface area contributed by atoms with Gasteiger partial charge in [0.05, 0.1) is 15.9 Å². The number of aryl methyl sites for hydroxylation is 2. The topological polar surface area (TPSA) is 34.9 Å². The van der Waals surface area contributed by atoms with Crippen LogP contribution in [0.1, 0.15) is 24.7 Å². The summed E-state index contributed by atoms with van der Waals surface area (Å²) in [5, 5.41) is 4.34. The van der Waals surface area contributed by atoms with Gasteiger partial charge in [-0.1, -0.05) is 6.92 Å². The van der Waals surface area contributed by atoms with Crippen LogP contribution in [0.15, 0.2) is 4.47 Å². The molecule has 0 saturated carbocycles. The minimum Gasteiger partial charge on any atom is -0.303 e. The van der Waals surface area contributed by atoms with Crippen LogP contribution in [-0.4, -0.2) is 16.1 Å². The number of hydrogen-bond acceptors (Lipinski definition) is 2. The SMILES string of the molecule is CCc1nn(C)c(CCC=O)c1Br. The Morgan fingerprint density at radius 1 is 1.62 bits per heavy atom. The number of hydrogen-bond donors (Lipinski definition) is 0. The summed E-state index contributed by atoms with van der Waals surface area (Å²) < 4.78 is 2.89. The molecule has 1 rings (SSSR count). The lowest BCUT2D eigenvalue weighted by Gasteiger charge is -1.98. The van der Waals surface area contributed by atoms with E-state index in [0.29, 0.717) is 6.42 Å². The van der Waals surface area contributed by atoms with Crippen LogP contribution in [0.25, 0.3) is 0 Å². The van der Waals surface area contributed by atoms with E-state index in [-0.39, 0.29) is 0 Å². The summed E-state index contributed by atoms with van der Waals surface area (Å²) in [5.41, 5.74) is 2.16. The van der Waals surface area contributed by atoms with Gasteiger partial charge >= 0.3 is 0 Å². The van der Waals surface area contributed by atoms with Gasteiger partial charge in [-0.15, -0.1) is 0 Å². The average Bonchev–Trinajstić information content (AvgIpc) is 2.39. The van der Waals surface area contributed by atoms with Crippen molar-refractivity contribution in [2.75, 3.05) is 0 Å². The van der Waals surface area contributed by atoms with Gasteiger partial charge in [-0.2, -0.15) is 5.10 Å². The Balaban J connectivity index is 2.91. The Morgan fingerprint density at radius 3 is 2.77 bits per heavy atom. The molecule has 3 nitrogen and oxygen atoms in total. The van der Waals surface area contributed by atoms with Crippen LogP contribution < -0.4 is 0 Å². The zero-order chi connectivity index (χ0) is 9.84. The minimum absolute atomic E-state index is 0.557. The molecule has 0 aliphatic carbocycles. The second-order valence-corrected chi connectivity index (χ2v) is 3.68. The predicted molar refractivity (Wildman–Crippen MR) is 54.7 cm³/mol. The number of rotatable bonds is 4. The van der Waals surface area contributed by atoms with Crippen molar-refractivity contribution in [3.63, 3.8) is 0 Å². The molecule has 1 aromatic heterocycles. The Kier molecular flexibility index (Phi) is 3.66. The predicted octanol–water partition coefficient (Wildman–Crippen LogP) is 1.88. The Bertz CT molecular complexity index is 307. The highest BCUT2D eigenvalue weighted by Crippen LogP contribution is 2.22. The highest BCUT2D eigenvalue weighted by atomic mass is 79.9. The van der Waals surface area contributed by atoms with E-state index in [2.05, 4.69) is 28.0 Å². The zero-order valence-electron chi connectivity index (χ0n) is 7.88. The second kappa shape index (κ2) is 4.56. The van der Waals surface area contributed by atoms with Gasteiger partial charge in [-0.05, 0) is 28.8 Å². The van der Waals surface area contributed by atoms with E-state index < -0.39 is 0 Å². The smallest absolute Gasteiger partial charge is 0.120 e. The van der Waals surface area contributed by atoms with E-state index in [1.807, 2.05) is 11.7 Å². The fourth-order valence-electron chi connectivity index (χ4n) is 1.29. The first-order valence-electron chi connectivity index (χ1n) is 4.34. The maximum Gasteiger partial charge on any atom is 0.120 e. The lowest BCUT2D eigenvalue weighted by atomic mass is 10.2. The number of aromatic nitrogens is 2. The van der Waals surface area contributed by atoms with E-state index in [1.54, 1.807) is 0 Å². The summed E-state index contributed by atoms with van der Waals surface area (Å²) in [6.07, 6.45) is 3.16. The van der Waals surface area contributed by atoms with Crippen LogP contribution in [0.4, 0.5) is 0 Å². The molecule has 0 spiro atoms. The molecule has 0 bridgehead atoms. The lowest BCUT2D eigenvalue weighted by Crippen LogP contribution is -1.98. The van der Waals surface area contributed by atoms with Gasteiger partial charge in [0, 0.05) is 13.5 Å². The van der Waals surface area contributed by atoms with Crippen LogP contribution >= 0.6 is 15.9 Å². The summed E-state index contributed by atoms with van der Waals surface area (Å²) in [6, 6.07) is 0. The first-order valence-corrected chi connectivity index (χ1v) is 5.13. The molecule has 0 atom stereocenters. The van der Waals surface area contributed by atoms with E-state index in [9.17, 15) is 4.79 Å². The van der Waals surface area contributed by atoms with Crippen molar-refractivity contribution in [1.29, 1.82) is 0 Å². The molecule has 0 fully saturated rings. The van der Waals surface area contributed by atoms with Crippen LogP contribution in [0, 0.1) is 0 Å².